The van der Waals surface area contributed by atoms with E-state index in [1.165, 1.54) is 6.26 Å². The molecular weight excluding hydrogens is 314 g/mol. The summed E-state index contributed by atoms with van der Waals surface area (Å²) in [5.74, 6) is 0.768. The SMILES string of the molecule is O=C(NCCc1ccccc1Cl)c1coc(C2CCNCC2)n1. The van der Waals surface area contributed by atoms with Crippen LogP contribution in [0.25, 0.3) is 0 Å². The third-order valence-electron chi connectivity index (χ3n) is 4.08. The van der Waals surface area contributed by atoms with Crippen LogP contribution in [0.2, 0.25) is 5.02 Å². The van der Waals surface area contributed by atoms with Crippen molar-refractivity contribution < 1.29 is 9.21 Å². The summed E-state index contributed by atoms with van der Waals surface area (Å²) in [6.45, 7) is 2.44. The van der Waals surface area contributed by atoms with E-state index in [1.54, 1.807) is 0 Å². The molecule has 2 N–H and O–H groups in total. The molecule has 0 aliphatic carbocycles. The van der Waals surface area contributed by atoms with Crippen LogP contribution in [0.5, 0.6) is 0 Å². The van der Waals surface area contributed by atoms with Crippen LogP contribution in [0.4, 0.5) is 0 Å². The monoisotopic (exact) mass is 333 g/mol. The number of nitrogens with zero attached hydrogens (tertiary/aromatic N) is 1. The van der Waals surface area contributed by atoms with Gasteiger partial charge in [0.25, 0.3) is 5.91 Å². The summed E-state index contributed by atoms with van der Waals surface area (Å²) < 4.78 is 5.49. The number of aromatic nitrogens is 1. The number of amides is 1. The Morgan fingerprint density at radius 3 is 2.91 bits per heavy atom. The number of benzene rings is 1. The van der Waals surface area contributed by atoms with Crippen LogP contribution in [-0.2, 0) is 6.42 Å². The molecule has 0 saturated carbocycles. The van der Waals surface area contributed by atoms with E-state index in [-0.39, 0.29) is 5.91 Å². The first-order chi connectivity index (χ1) is 11.2. The van der Waals surface area contributed by atoms with Crippen LogP contribution >= 0.6 is 11.6 Å². The molecule has 0 radical (unpaired) electrons. The lowest BCUT2D eigenvalue weighted by Crippen LogP contribution is -2.27. The minimum Gasteiger partial charge on any atom is -0.448 e. The Hall–Kier alpha value is -1.85. The van der Waals surface area contributed by atoms with E-state index in [4.69, 9.17) is 16.0 Å². The van der Waals surface area contributed by atoms with Gasteiger partial charge >= 0.3 is 0 Å². The fourth-order valence-corrected chi connectivity index (χ4v) is 2.98. The van der Waals surface area contributed by atoms with Gasteiger partial charge in [0.05, 0.1) is 0 Å². The van der Waals surface area contributed by atoms with Gasteiger partial charge in [0.2, 0.25) is 0 Å². The van der Waals surface area contributed by atoms with Crippen molar-refractivity contribution in [1.82, 2.24) is 15.6 Å². The Labute approximate surface area is 140 Å². The fourth-order valence-electron chi connectivity index (χ4n) is 2.75. The second kappa shape index (κ2) is 7.62. The van der Waals surface area contributed by atoms with E-state index >= 15 is 0 Å². The molecule has 6 heteroatoms. The van der Waals surface area contributed by atoms with Crippen molar-refractivity contribution in [3.63, 3.8) is 0 Å². The number of hydrogen-bond acceptors (Lipinski definition) is 4. The first-order valence-electron chi connectivity index (χ1n) is 7.92. The molecule has 122 valence electrons. The molecule has 1 aliphatic rings. The topological polar surface area (TPSA) is 67.2 Å². The predicted molar refractivity (Wildman–Crippen MR) is 88.8 cm³/mol. The van der Waals surface area contributed by atoms with Gasteiger partial charge in [0.15, 0.2) is 11.6 Å². The van der Waals surface area contributed by atoms with Crippen LogP contribution in [0.15, 0.2) is 34.9 Å². The maximum absolute atomic E-state index is 12.1. The highest BCUT2D eigenvalue weighted by Gasteiger charge is 2.21. The highest BCUT2D eigenvalue weighted by atomic mass is 35.5. The van der Waals surface area contributed by atoms with Gasteiger partial charge in [-0.3, -0.25) is 4.79 Å². The van der Waals surface area contributed by atoms with Gasteiger partial charge in [0.1, 0.15) is 6.26 Å². The molecule has 0 spiro atoms. The second-order valence-electron chi connectivity index (χ2n) is 5.69. The Bertz CT molecular complexity index is 665. The van der Waals surface area contributed by atoms with Crippen LogP contribution in [-0.4, -0.2) is 30.5 Å². The van der Waals surface area contributed by atoms with E-state index in [0.717, 1.165) is 36.5 Å². The minimum absolute atomic E-state index is 0.207. The number of oxazole rings is 1. The number of piperidine rings is 1. The maximum atomic E-state index is 12.1. The summed E-state index contributed by atoms with van der Waals surface area (Å²) in [5.41, 5.74) is 1.36. The number of rotatable bonds is 5. The number of halogens is 1. The van der Waals surface area contributed by atoms with Crippen LogP contribution < -0.4 is 10.6 Å². The third kappa shape index (κ3) is 4.12. The first kappa shape index (κ1) is 16.0. The summed E-state index contributed by atoms with van der Waals surface area (Å²) >= 11 is 6.10. The lowest BCUT2D eigenvalue weighted by atomic mass is 9.98. The summed E-state index contributed by atoms with van der Waals surface area (Å²) in [7, 11) is 0. The van der Waals surface area contributed by atoms with Crippen molar-refractivity contribution in [2.45, 2.75) is 25.2 Å². The van der Waals surface area contributed by atoms with Crippen molar-refractivity contribution in [3.8, 4) is 0 Å². The van der Waals surface area contributed by atoms with E-state index in [0.29, 0.717) is 30.5 Å². The molecule has 1 amide bonds. The van der Waals surface area contributed by atoms with E-state index < -0.39 is 0 Å². The van der Waals surface area contributed by atoms with Crippen LogP contribution in [0.1, 0.15) is 40.7 Å². The van der Waals surface area contributed by atoms with Crippen molar-refractivity contribution in [3.05, 3.63) is 52.7 Å². The predicted octanol–water partition coefficient (Wildman–Crippen LogP) is 2.77. The zero-order chi connectivity index (χ0) is 16.1. The molecule has 1 aliphatic heterocycles. The van der Waals surface area contributed by atoms with Gasteiger partial charge in [-0.05, 0) is 44.0 Å². The number of carbonyl (C=O) groups excluding carboxylic acids is 1. The second-order valence-corrected chi connectivity index (χ2v) is 6.10. The summed E-state index contributed by atoms with van der Waals surface area (Å²) in [6.07, 6.45) is 4.12. The zero-order valence-corrected chi connectivity index (χ0v) is 13.6. The highest BCUT2D eigenvalue weighted by molar-refractivity contribution is 6.31. The summed E-state index contributed by atoms with van der Waals surface area (Å²) in [4.78, 5) is 16.5. The van der Waals surface area contributed by atoms with Gasteiger partial charge in [-0.2, -0.15) is 0 Å². The molecule has 0 unspecified atom stereocenters. The van der Waals surface area contributed by atoms with Gasteiger partial charge < -0.3 is 15.1 Å². The molecule has 1 fully saturated rings. The Morgan fingerprint density at radius 1 is 1.35 bits per heavy atom. The van der Waals surface area contributed by atoms with Gasteiger partial charge in [-0.1, -0.05) is 29.8 Å². The van der Waals surface area contributed by atoms with Crippen molar-refractivity contribution >= 4 is 17.5 Å². The largest absolute Gasteiger partial charge is 0.448 e. The van der Waals surface area contributed by atoms with Gasteiger partial charge in [-0.25, -0.2) is 4.98 Å². The number of hydrogen-bond donors (Lipinski definition) is 2. The number of nitrogens with one attached hydrogen (secondary N) is 2. The Morgan fingerprint density at radius 2 is 2.13 bits per heavy atom. The highest BCUT2D eigenvalue weighted by Crippen LogP contribution is 2.24. The molecule has 1 aromatic carbocycles. The van der Waals surface area contributed by atoms with Crippen molar-refractivity contribution in [1.29, 1.82) is 0 Å². The summed E-state index contributed by atoms with van der Waals surface area (Å²) in [5, 5.41) is 6.88. The van der Waals surface area contributed by atoms with E-state index in [1.807, 2.05) is 24.3 Å². The average molecular weight is 334 g/mol. The van der Waals surface area contributed by atoms with Crippen LogP contribution in [0, 0.1) is 0 Å². The molecular formula is C17H20ClN3O2. The van der Waals surface area contributed by atoms with E-state index in [2.05, 4.69) is 15.6 Å². The fraction of sp³-hybridized carbons (Fsp3) is 0.412. The molecule has 3 rings (SSSR count). The zero-order valence-electron chi connectivity index (χ0n) is 12.8. The standard InChI is InChI=1S/C17H20ClN3O2/c18-14-4-2-1-3-12(14)7-10-20-16(22)15-11-23-17(21-15)13-5-8-19-9-6-13/h1-4,11,13,19H,5-10H2,(H,20,22). The van der Waals surface area contributed by atoms with Crippen molar-refractivity contribution in [2.75, 3.05) is 19.6 Å². The molecule has 1 saturated heterocycles. The molecule has 0 atom stereocenters. The molecule has 2 heterocycles. The Balaban J connectivity index is 1.52. The molecule has 23 heavy (non-hydrogen) atoms. The normalized spacial score (nSPS) is 15.5. The average Bonchev–Trinajstić information content (AvgIpc) is 3.07. The summed E-state index contributed by atoms with van der Waals surface area (Å²) in [6, 6.07) is 7.63. The Kier molecular flexibility index (Phi) is 5.31. The van der Waals surface area contributed by atoms with Crippen molar-refractivity contribution in [2.24, 2.45) is 0 Å². The quantitative estimate of drug-likeness (QED) is 0.883. The van der Waals surface area contributed by atoms with Gasteiger partial charge in [0, 0.05) is 17.5 Å². The first-order valence-corrected chi connectivity index (χ1v) is 8.29. The lowest BCUT2D eigenvalue weighted by molar-refractivity contribution is 0.0949. The molecule has 5 nitrogen and oxygen atoms in total. The smallest absolute Gasteiger partial charge is 0.273 e. The van der Waals surface area contributed by atoms with Gasteiger partial charge in [-0.15, -0.1) is 0 Å². The molecule has 2 aromatic rings. The number of carbonyl (C=O) groups is 1. The molecule has 0 bridgehead atoms. The third-order valence-corrected chi connectivity index (χ3v) is 4.45. The van der Waals surface area contributed by atoms with E-state index in [9.17, 15) is 4.79 Å². The maximum Gasteiger partial charge on any atom is 0.273 e. The minimum atomic E-state index is -0.207. The van der Waals surface area contributed by atoms with Crippen LogP contribution in [0.3, 0.4) is 0 Å². The lowest BCUT2D eigenvalue weighted by Gasteiger charge is -2.19. The molecule has 1 aromatic heterocycles.